The fraction of sp³-hybridized carbons (Fsp3) is 0.118. The Morgan fingerprint density at radius 3 is 2.39 bits per heavy atom. The highest BCUT2D eigenvalue weighted by atomic mass is 16.1. The summed E-state index contributed by atoms with van der Waals surface area (Å²) in [6.45, 7) is 0.796. The van der Waals surface area contributed by atoms with Crippen LogP contribution in [0.15, 0.2) is 54.2 Å². The molecule has 0 aliphatic heterocycles. The zero-order valence-electron chi connectivity index (χ0n) is 12.8. The van der Waals surface area contributed by atoms with Crippen LogP contribution < -0.4 is 27.8 Å². The molecule has 2 aromatic carbocycles. The highest BCUT2D eigenvalue weighted by Gasteiger charge is 2.09. The van der Waals surface area contributed by atoms with Crippen molar-refractivity contribution in [3.8, 4) is 0 Å². The van der Waals surface area contributed by atoms with Gasteiger partial charge in [0.05, 0.1) is 5.70 Å². The number of amides is 1. The number of hydrogen-bond acceptors (Lipinski definition) is 5. The van der Waals surface area contributed by atoms with Gasteiger partial charge in [0.15, 0.2) is 0 Å². The van der Waals surface area contributed by atoms with Crippen molar-refractivity contribution in [3.05, 3.63) is 65.4 Å². The number of rotatable bonds is 7. The molecular weight excluding hydrogens is 290 g/mol. The molecule has 0 aromatic heterocycles. The van der Waals surface area contributed by atoms with Crippen LogP contribution in [0.25, 0.3) is 5.70 Å². The van der Waals surface area contributed by atoms with Gasteiger partial charge in [-0.15, -0.1) is 0 Å². The molecule has 0 atom stereocenters. The number of nitrogens with one attached hydrogen (secondary N) is 2. The minimum absolute atomic E-state index is 0.235. The van der Waals surface area contributed by atoms with E-state index < -0.39 is 0 Å². The Morgan fingerprint density at radius 1 is 1.09 bits per heavy atom. The summed E-state index contributed by atoms with van der Waals surface area (Å²) in [7, 11) is 0. The third-order valence-electron chi connectivity index (χ3n) is 3.42. The van der Waals surface area contributed by atoms with E-state index in [0.29, 0.717) is 24.3 Å². The molecule has 0 aliphatic rings. The van der Waals surface area contributed by atoms with Gasteiger partial charge in [-0.3, -0.25) is 4.79 Å². The van der Waals surface area contributed by atoms with Crippen molar-refractivity contribution in [2.24, 2.45) is 11.5 Å². The third kappa shape index (κ3) is 4.24. The van der Waals surface area contributed by atoms with E-state index in [2.05, 4.69) is 10.6 Å². The van der Waals surface area contributed by atoms with Crippen LogP contribution in [0.3, 0.4) is 0 Å². The normalized spacial score (nSPS) is 11.5. The predicted molar refractivity (Wildman–Crippen MR) is 94.0 cm³/mol. The van der Waals surface area contributed by atoms with Gasteiger partial charge in [-0.05, 0) is 23.8 Å². The van der Waals surface area contributed by atoms with Crippen molar-refractivity contribution in [3.63, 3.8) is 0 Å². The lowest BCUT2D eigenvalue weighted by molar-refractivity contribution is -0.105. The molecule has 0 bridgehead atoms. The van der Waals surface area contributed by atoms with Crippen molar-refractivity contribution in [1.29, 1.82) is 0 Å². The molecule has 6 heteroatoms. The number of carbonyl (C=O) groups excluding carboxylic acids is 1. The van der Waals surface area contributed by atoms with Gasteiger partial charge < -0.3 is 27.8 Å². The van der Waals surface area contributed by atoms with Gasteiger partial charge in [-0.25, -0.2) is 0 Å². The van der Waals surface area contributed by atoms with Crippen molar-refractivity contribution >= 4 is 23.5 Å². The summed E-state index contributed by atoms with van der Waals surface area (Å²) in [5.41, 5.74) is 22.3. The molecule has 0 heterocycles. The molecule has 6 nitrogen and oxygen atoms in total. The van der Waals surface area contributed by atoms with Crippen LogP contribution in [0.1, 0.15) is 11.1 Å². The molecule has 2 aromatic rings. The van der Waals surface area contributed by atoms with E-state index in [1.54, 1.807) is 0 Å². The lowest BCUT2D eigenvalue weighted by atomic mass is 10.1. The Morgan fingerprint density at radius 2 is 1.78 bits per heavy atom. The lowest BCUT2D eigenvalue weighted by Crippen LogP contribution is -2.22. The van der Waals surface area contributed by atoms with Crippen LogP contribution in [0.2, 0.25) is 0 Å². The first kappa shape index (κ1) is 16.4. The van der Waals surface area contributed by atoms with Crippen molar-refractivity contribution in [2.75, 3.05) is 17.6 Å². The van der Waals surface area contributed by atoms with Crippen LogP contribution in [-0.4, -0.2) is 13.0 Å². The maximum atomic E-state index is 10.4. The molecule has 0 aliphatic carbocycles. The Labute approximate surface area is 135 Å². The minimum atomic E-state index is 0.235. The smallest absolute Gasteiger partial charge is 0.211 e. The number of anilines is 2. The van der Waals surface area contributed by atoms with E-state index in [1.165, 1.54) is 0 Å². The van der Waals surface area contributed by atoms with Gasteiger partial charge in [0, 0.05) is 35.7 Å². The highest BCUT2D eigenvalue weighted by molar-refractivity contribution is 5.75. The number of hydrogen-bond donors (Lipinski definition) is 5. The van der Waals surface area contributed by atoms with Crippen LogP contribution in [0, 0.1) is 0 Å². The summed E-state index contributed by atoms with van der Waals surface area (Å²) in [5.74, 6) is 0. The number of nitrogen functional groups attached to an aromatic ring is 1. The number of nitrogens with two attached hydrogens (primary N) is 3. The molecule has 0 fully saturated rings. The second kappa shape index (κ2) is 7.86. The average molecular weight is 311 g/mol. The van der Waals surface area contributed by atoms with Gasteiger partial charge in [0.2, 0.25) is 6.41 Å². The molecule has 8 N–H and O–H groups in total. The van der Waals surface area contributed by atoms with Crippen molar-refractivity contribution in [2.45, 2.75) is 6.54 Å². The molecule has 1 amide bonds. The van der Waals surface area contributed by atoms with E-state index >= 15 is 0 Å². The van der Waals surface area contributed by atoms with E-state index in [9.17, 15) is 4.79 Å². The Balaban J connectivity index is 2.17. The fourth-order valence-corrected chi connectivity index (χ4v) is 2.19. The van der Waals surface area contributed by atoms with Gasteiger partial charge in [0.1, 0.15) is 0 Å². The van der Waals surface area contributed by atoms with Crippen molar-refractivity contribution in [1.82, 2.24) is 5.32 Å². The molecule has 0 unspecified atom stereocenters. The Bertz CT molecular complexity index is 694. The Kier molecular flexibility index (Phi) is 5.60. The standard InChI is InChI=1S/C17H21N5O/c18-9-16(20)17(14-3-1-2-4-15(14)19)21-10-12-5-7-13(8-6-12)22-11-23/h1-8,11,21H,9-10,18-20H2,(H,22,23)/b17-16-. The molecule has 0 saturated heterocycles. The average Bonchev–Trinajstić information content (AvgIpc) is 2.58. The molecule has 2 rings (SSSR count). The van der Waals surface area contributed by atoms with E-state index in [0.717, 1.165) is 22.5 Å². The maximum absolute atomic E-state index is 10.4. The van der Waals surface area contributed by atoms with Crippen LogP contribution in [0.4, 0.5) is 11.4 Å². The number of para-hydroxylation sites is 1. The van der Waals surface area contributed by atoms with Crippen LogP contribution >= 0.6 is 0 Å². The summed E-state index contributed by atoms with van der Waals surface area (Å²) >= 11 is 0. The van der Waals surface area contributed by atoms with Crippen molar-refractivity contribution < 1.29 is 4.79 Å². The first-order valence-electron chi connectivity index (χ1n) is 7.22. The molecule has 0 radical (unpaired) electrons. The zero-order chi connectivity index (χ0) is 16.7. The second-order valence-corrected chi connectivity index (χ2v) is 5.00. The predicted octanol–water partition coefficient (Wildman–Crippen LogP) is 1.21. The SMILES string of the molecule is NC/C(N)=C(/NCc1ccc(NC=O)cc1)c1ccccc1N. The van der Waals surface area contributed by atoms with Gasteiger partial charge in [0.25, 0.3) is 0 Å². The topological polar surface area (TPSA) is 119 Å². The summed E-state index contributed by atoms with van der Waals surface area (Å²) in [6.07, 6.45) is 0.647. The molecule has 0 saturated carbocycles. The van der Waals surface area contributed by atoms with Gasteiger partial charge in [-0.1, -0.05) is 30.3 Å². The first-order chi connectivity index (χ1) is 11.2. The fourth-order valence-electron chi connectivity index (χ4n) is 2.19. The van der Waals surface area contributed by atoms with Gasteiger partial charge in [-0.2, -0.15) is 0 Å². The summed E-state index contributed by atoms with van der Waals surface area (Å²) in [6, 6.07) is 15.0. The van der Waals surface area contributed by atoms with E-state index in [-0.39, 0.29) is 6.54 Å². The molecule has 120 valence electrons. The van der Waals surface area contributed by atoms with Crippen LogP contribution in [0.5, 0.6) is 0 Å². The monoisotopic (exact) mass is 311 g/mol. The quantitative estimate of drug-likeness (QED) is 0.389. The van der Waals surface area contributed by atoms with Crippen LogP contribution in [-0.2, 0) is 11.3 Å². The minimum Gasteiger partial charge on any atom is -0.399 e. The largest absolute Gasteiger partial charge is 0.399 e. The second-order valence-electron chi connectivity index (χ2n) is 5.00. The maximum Gasteiger partial charge on any atom is 0.211 e. The highest BCUT2D eigenvalue weighted by Crippen LogP contribution is 2.21. The first-order valence-corrected chi connectivity index (χ1v) is 7.22. The van der Waals surface area contributed by atoms with E-state index in [1.807, 2.05) is 48.5 Å². The molecule has 0 spiro atoms. The summed E-state index contributed by atoms with van der Waals surface area (Å²) in [5, 5.41) is 5.90. The van der Waals surface area contributed by atoms with E-state index in [4.69, 9.17) is 17.2 Å². The van der Waals surface area contributed by atoms with Gasteiger partial charge >= 0.3 is 0 Å². The Hall–Kier alpha value is -2.99. The summed E-state index contributed by atoms with van der Waals surface area (Å²) in [4.78, 5) is 10.4. The molecule has 23 heavy (non-hydrogen) atoms. The summed E-state index contributed by atoms with van der Waals surface area (Å²) < 4.78 is 0. The lowest BCUT2D eigenvalue weighted by Gasteiger charge is -2.16. The number of benzene rings is 2. The molecular formula is C17H21N5O. The number of carbonyl (C=O) groups is 1. The third-order valence-corrected chi connectivity index (χ3v) is 3.42. The zero-order valence-corrected chi connectivity index (χ0v) is 12.8.